The van der Waals surface area contributed by atoms with Gasteiger partial charge < -0.3 is 9.64 Å². The SMILES string of the molecule is Cc1ccc([N+](=O)[O-])cc1N1C(=O)[C@@H]2[C@H](C1=O)[C@H](C(=O)OC(c1ccccc1)c1ccccc1)N1c3ccccc3C=C[C@@H]21. The van der Waals surface area contributed by atoms with E-state index >= 15 is 0 Å². The van der Waals surface area contributed by atoms with Crippen LogP contribution >= 0.6 is 0 Å². The van der Waals surface area contributed by atoms with Crippen LogP contribution in [0.2, 0.25) is 0 Å². The zero-order chi connectivity index (χ0) is 30.5. The summed E-state index contributed by atoms with van der Waals surface area (Å²) in [6.07, 6.45) is 3.01. The minimum atomic E-state index is -1.12. The molecule has 9 heteroatoms. The molecular formula is C35H27N3O6. The topological polar surface area (TPSA) is 110 Å². The van der Waals surface area contributed by atoms with E-state index in [0.29, 0.717) is 5.56 Å². The minimum absolute atomic E-state index is 0.147. The number of carbonyl (C=O) groups is 3. The fourth-order valence-electron chi connectivity index (χ4n) is 6.74. The van der Waals surface area contributed by atoms with Crippen molar-refractivity contribution in [2.24, 2.45) is 11.8 Å². The molecule has 0 saturated carbocycles. The van der Waals surface area contributed by atoms with Gasteiger partial charge in [0.15, 0.2) is 6.10 Å². The molecule has 7 rings (SSSR count). The lowest BCUT2D eigenvalue weighted by Crippen LogP contribution is -2.49. The Bertz CT molecular complexity index is 1800. The van der Waals surface area contributed by atoms with E-state index in [1.165, 1.54) is 18.2 Å². The van der Waals surface area contributed by atoms with Crippen LogP contribution in [-0.2, 0) is 19.1 Å². The fraction of sp³-hybridized carbons (Fsp3) is 0.171. The van der Waals surface area contributed by atoms with Crippen molar-refractivity contribution < 1.29 is 24.0 Å². The smallest absolute Gasteiger partial charge is 0.330 e. The molecule has 0 aromatic heterocycles. The molecule has 3 aliphatic rings. The van der Waals surface area contributed by atoms with Gasteiger partial charge in [0.05, 0.1) is 28.5 Å². The molecule has 3 aliphatic heterocycles. The van der Waals surface area contributed by atoms with Crippen LogP contribution in [0, 0.1) is 28.9 Å². The number of aryl methyl sites for hydroxylation is 1. The first-order chi connectivity index (χ1) is 21.3. The van der Waals surface area contributed by atoms with Gasteiger partial charge in [-0.3, -0.25) is 19.7 Å². The highest BCUT2D eigenvalue weighted by atomic mass is 16.6. The minimum Gasteiger partial charge on any atom is -0.451 e. The Morgan fingerprint density at radius 2 is 1.43 bits per heavy atom. The van der Waals surface area contributed by atoms with Gasteiger partial charge in [0.25, 0.3) is 5.69 Å². The van der Waals surface area contributed by atoms with E-state index in [4.69, 9.17) is 4.74 Å². The number of anilines is 2. The molecule has 4 aromatic carbocycles. The summed E-state index contributed by atoms with van der Waals surface area (Å²) in [5.41, 5.74) is 3.56. The van der Waals surface area contributed by atoms with E-state index in [1.807, 2.05) is 102 Å². The number of ether oxygens (including phenoxy) is 1. The number of carbonyl (C=O) groups excluding carboxylic acids is 3. The van der Waals surface area contributed by atoms with Crippen molar-refractivity contribution in [3.8, 4) is 0 Å². The lowest BCUT2D eigenvalue weighted by molar-refractivity contribution is -0.384. The van der Waals surface area contributed by atoms with Crippen LogP contribution in [0.25, 0.3) is 6.08 Å². The Kier molecular flexibility index (Phi) is 6.58. The maximum absolute atomic E-state index is 14.5. The summed E-state index contributed by atoms with van der Waals surface area (Å²) in [5, 5.41) is 11.6. The van der Waals surface area contributed by atoms with Crippen LogP contribution in [-0.4, -0.2) is 34.8 Å². The molecule has 44 heavy (non-hydrogen) atoms. The first-order valence-corrected chi connectivity index (χ1v) is 14.3. The predicted molar refractivity (Wildman–Crippen MR) is 164 cm³/mol. The molecule has 218 valence electrons. The zero-order valence-electron chi connectivity index (χ0n) is 23.6. The van der Waals surface area contributed by atoms with Crippen LogP contribution in [0.4, 0.5) is 17.1 Å². The number of nitro benzene ring substituents is 1. The number of benzene rings is 4. The summed E-state index contributed by atoms with van der Waals surface area (Å²) in [5.74, 6) is -3.68. The van der Waals surface area contributed by atoms with Gasteiger partial charge in [-0.2, -0.15) is 0 Å². The summed E-state index contributed by atoms with van der Waals surface area (Å²) in [6, 6.07) is 28.6. The lowest BCUT2D eigenvalue weighted by Gasteiger charge is -2.36. The van der Waals surface area contributed by atoms with Gasteiger partial charge in [0.2, 0.25) is 11.8 Å². The predicted octanol–water partition coefficient (Wildman–Crippen LogP) is 5.63. The highest BCUT2D eigenvalue weighted by Crippen LogP contribution is 2.50. The Morgan fingerprint density at radius 1 is 0.818 bits per heavy atom. The first-order valence-electron chi connectivity index (χ1n) is 14.3. The second kappa shape index (κ2) is 10.6. The van der Waals surface area contributed by atoms with Crippen molar-refractivity contribution in [1.29, 1.82) is 0 Å². The maximum Gasteiger partial charge on any atom is 0.330 e. The van der Waals surface area contributed by atoms with Crippen molar-refractivity contribution in [2.45, 2.75) is 25.1 Å². The molecule has 0 bridgehead atoms. The molecule has 0 aliphatic carbocycles. The molecule has 2 amide bonds. The van der Waals surface area contributed by atoms with Crippen LogP contribution in [0.3, 0.4) is 0 Å². The number of hydrogen-bond donors (Lipinski definition) is 0. The number of esters is 1. The van der Waals surface area contributed by atoms with Crippen molar-refractivity contribution >= 4 is 40.9 Å². The van der Waals surface area contributed by atoms with Crippen molar-refractivity contribution in [3.63, 3.8) is 0 Å². The van der Waals surface area contributed by atoms with Crippen LogP contribution < -0.4 is 9.80 Å². The molecule has 2 fully saturated rings. The molecule has 4 aromatic rings. The van der Waals surface area contributed by atoms with E-state index in [-0.39, 0.29) is 11.4 Å². The zero-order valence-corrected chi connectivity index (χ0v) is 23.6. The van der Waals surface area contributed by atoms with Crippen molar-refractivity contribution in [2.75, 3.05) is 9.80 Å². The molecule has 0 radical (unpaired) electrons. The fourth-order valence-corrected chi connectivity index (χ4v) is 6.74. The van der Waals surface area contributed by atoms with Gasteiger partial charge in [-0.1, -0.05) is 97.1 Å². The number of rotatable bonds is 6. The summed E-state index contributed by atoms with van der Waals surface area (Å²) < 4.78 is 6.30. The number of imide groups is 1. The largest absolute Gasteiger partial charge is 0.451 e. The monoisotopic (exact) mass is 585 g/mol. The third-order valence-electron chi connectivity index (χ3n) is 8.74. The summed E-state index contributed by atoms with van der Waals surface area (Å²) in [6.45, 7) is 1.69. The summed E-state index contributed by atoms with van der Waals surface area (Å²) in [7, 11) is 0. The van der Waals surface area contributed by atoms with Crippen LogP contribution in [0.5, 0.6) is 0 Å². The Hall–Kier alpha value is -5.57. The Morgan fingerprint density at radius 3 is 2.09 bits per heavy atom. The van der Waals surface area contributed by atoms with Crippen LogP contribution in [0.1, 0.15) is 28.4 Å². The number of fused-ring (bicyclic) bond motifs is 5. The van der Waals surface area contributed by atoms with Gasteiger partial charge >= 0.3 is 5.97 Å². The second-order valence-electron chi connectivity index (χ2n) is 11.2. The van der Waals surface area contributed by atoms with Crippen LogP contribution in [0.15, 0.2) is 109 Å². The molecule has 9 nitrogen and oxygen atoms in total. The number of nitro groups is 1. The summed E-state index contributed by atoms with van der Waals surface area (Å²) >= 11 is 0. The average molecular weight is 586 g/mol. The number of amides is 2. The normalized spacial score (nSPS) is 21.7. The third-order valence-corrected chi connectivity index (χ3v) is 8.74. The Labute approximate surface area is 253 Å². The lowest BCUT2D eigenvalue weighted by atomic mass is 9.88. The van der Waals surface area contributed by atoms with E-state index in [2.05, 4.69) is 0 Å². The highest BCUT2D eigenvalue weighted by molar-refractivity contribution is 6.25. The highest BCUT2D eigenvalue weighted by Gasteiger charge is 2.65. The molecule has 0 spiro atoms. The van der Waals surface area contributed by atoms with E-state index < -0.39 is 52.7 Å². The molecule has 2 saturated heterocycles. The number of para-hydroxylation sites is 1. The molecular weight excluding hydrogens is 558 g/mol. The van der Waals surface area contributed by atoms with Gasteiger partial charge in [0, 0.05) is 17.8 Å². The molecule has 0 unspecified atom stereocenters. The first kappa shape index (κ1) is 27.3. The van der Waals surface area contributed by atoms with Gasteiger partial charge in [-0.15, -0.1) is 0 Å². The van der Waals surface area contributed by atoms with E-state index in [1.54, 1.807) is 6.92 Å². The number of nitrogens with zero attached hydrogens (tertiary/aromatic N) is 3. The quantitative estimate of drug-likeness (QED) is 0.125. The standard InChI is InChI=1S/C35H27N3O6/c1-21-16-18-25(38(42)43)20-28(21)37-33(39)29-27-19-17-22-10-8-9-15-26(22)36(27)31(30(29)34(37)40)35(41)44-32(23-11-4-2-5-12-23)24-13-6-3-7-14-24/h2-20,27,29-32H,1H3/t27-,29-,30-,31+/m0/s1. The molecule has 4 atom stereocenters. The maximum atomic E-state index is 14.5. The Balaban J connectivity index is 1.33. The van der Waals surface area contributed by atoms with E-state index in [0.717, 1.165) is 27.3 Å². The number of non-ortho nitro benzene ring substituents is 1. The van der Waals surface area contributed by atoms with Gasteiger partial charge in [-0.05, 0) is 35.2 Å². The second-order valence-corrected chi connectivity index (χ2v) is 11.2. The van der Waals surface area contributed by atoms with E-state index in [9.17, 15) is 24.5 Å². The number of hydrogen-bond acceptors (Lipinski definition) is 7. The average Bonchev–Trinajstić information content (AvgIpc) is 3.53. The molecule has 3 heterocycles. The van der Waals surface area contributed by atoms with Gasteiger partial charge in [0.1, 0.15) is 6.04 Å². The van der Waals surface area contributed by atoms with Crippen molar-refractivity contribution in [3.05, 3.63) is 142 Å². The van der Waals surface area contributed by atoms with Gasteiger partial charge in [-0.25, -0.2) is 9.69 Å². The van der Waals surface area contributed by atoms with Crippen molar-refractivity contribution in [1.82, 2.24) is 0 Å². The molecule has 0 N–H and O–H groups in total. The summed E-state index contributed by atoms with van der Waals surface area (Å²) in [4.78, 5) is 56.8. The third kappa shape index (κ3) is 4.27.